The van der Waals surface area contributed by atoms with E-state index in [4.69, 9.17) is 44.6 Å². The van der Waals surface area contributed by atoms with E-state index in [0.29, 0.717) is 33.0 Å². The molecule has 162 valence electrons. The molecule has 0 saturated carbocycles. The van der Waals surface area contributed by atoms with Crippen molar-refractivity contribution in [1.82, 2.24) is 10.3 Å². The third kappa shape index (κ3) is 5.19. The Kier molecular flexibility index (Phi) is 6.60. The third-order valence-electron chi connectivity index (χ3n) is 4.46. The molecule has 1 aromatic heterocycles. The lowest BCUT2D eigenvalue weighted by atomic mass is 10.2. The zero-order valence-corrected chi connectivity index (χ0v) is 19.1. The van der Waals surface area contributed by atoms with Gasteiger partial charge in [0, 0.05) is 16.3 Å². The van der Waals surface area contributed by atoms with Crippen LogP contribution in [0.4, 0.5) is 5.69 Å². The van der Waals surface area contributed by atoms with Gasteiger partial charge in [-0.15, -0.1) is 0 Å². The van der Waals surface area contributed by atoms with E-state index < -0.39 is 12.0 Å². The number of benzene rings is 3. The summed E-state index contributed by atoms with van der Waals surface area (Å²) in [5.41, 5.74) is 2.93. The van der Waals surface area contributed by atoms with E-state index in [1.807, 2.05) is 48.5 Å². The number of thiocarbonyl (C=S) groups is 1. The van der Waals surface area contributed by atoms with Crippen LogP contribution in [0.5, 0.6) is 5.75 Å². The average molecular weight is 486 g/mol. The number of carbonyl (C=O) groups excluding carboxylic acids is 1. The Labute approximate surface area is 199 Å². The number of amides is 1. The summed E-state index contributed by atoms with van der Waals surface area (Å²) in [6.07, 6.45) is -0.834. The van der Waals surface area contributed by atoms with Gasteiger partial charge in [0.05, 0.1) is 5.02 Å². The Morgan fingerprint density at radius 1 is 1.09 bits per heavy atom. The lowest BCUT2D eigenvalue weighted by Gasteiger charge is -2.16. The van der Waals surface area contributed by atoms with Crippen LogP contribution < -0.4 is 15.4 Å². The zero-order valence-electron chi connectivity index (χ0n) is 16.8. The average Bonchev–Trinajstić information content (AvgIpc) is 3.20. The van der Waals surface area contributed by atoms with Crippen LogP contribution >= 0.6 is 35.4 Å². The van der Waals surface area contributed by atoms with Crippen molar-refractivity contribution in [2.24, 2.45) is 0 Å². The summed E-state index contributed by atoms with van der Waals surface area (Å²) >= 11 is 17.2. The van der Waals surface area contributed by atoms with Gasteiger partial charge in [0.1, 0.15) is 11.3 Å². The summed E-state index contributed by atoms with van der Waals surface area (Å²) in [7, 11) is 0. The highest BCUT2D eigenvalue weighted by Crippen LogP contribution is 2.28. The molecule has 4 aromatic rings. The minimum atomic E-state index is -0.834. The van der Waals surface area contributed by atoms with Crippen LogP contribution in [0.2, 0.25) is 10.0 Å². The van der Waals surface area contributed by atoms with Gasteiger partial charge in [-0.1, -0.05) is 41.4 Å². The molecule has 3 aromatic carbocycles. The monoisotopic (exact) mass is 485 g/mol. The highest BCUT2D eigenvalue weighted by Gasteiger charge is 2.18. The predicted molar refractivity (Wildman–Crippen MR) is 130 cm³/mol. The summed E-state index contributed by atoms with van der Waals surface area (Å²) in [6, 6.07) is 19.7. The Bertz CT molecular complexity index is 1280. The molecule has 0 aliphatic rings. The number of hydrogen-bond acceptors (Lipinski definition) is 5. The molecule has 0 aliphatic heterocycles. The van der Waals surface area contributed by atoms with Crippen molar-refractivity contribution in [3.8, 4) is 17.2 Å². The highest BCUT2D eigenvalue weighted by molar-refractivity contribution is 7.80. The lowest BCUT2D eigenvalue weighted by molar-refractivity contribution is -0.125. The first kappa shape index (κ1) is 22.1. The first-order valence-electron chi connectivity index (χ1n) is 9.58. The van der Waals surface area contributed by atoms with Crippen molar-refractivity contribution >= 4 is 63.2 Å². The summed E-state index contributed by atoms with van der Waals surface area (Å²) in [5.74, 6) is 0.416. The van der Waals surface area contributed by atoms with Crippen molar-refractivity contribution in [3.05, 3.63) is 76.8 Å². The van der Waals surface area contributed by atoms with Crippen LogP contribution in [0, 0.1) is 0 Å². The van der Waals surface area contributed by atoms with Crippen molar-refractivity contribution in [2.75, 3.05) is 5.32 Å². The molecule has 6 nitrogen and oxygen atoms in total. The number of aromatic nitrogens is 1. The van der Waals surface area contributed by atoms with E-state index in [-0.39, 0.29) is 5.11 Å². The number of anilines is 1. The summed E-state index contributed by atoms with van der Waals surface area (Å²) in [4.78, 5) is 17.0. The van der Waals surface area contributed by atoms with Crippen LogP contribution in [0.1, 0.15) is 6.92 Å². The second kappa shape index (κ2) is 9.56. The number of ether oxygens (including phenoxy) is 1. The Morgan fingerprint density at radius 2 is 1.91 bits per heavy atom. The molecule has 0 bridgehead atoms. The van der Waals surface area contributed by atoms with E-state index in [0.717, 1.165) is 11.1 Å². The van der Waals surface area contributed by atoms with Gasteiger partial charge in [0.25, 0.3) is 5.91 Å². The highest BCUT2D eigenvalue weighted by atomic mass is 35.5. The number of para-hydroxylation sites is 2. The van der Waals surface area contributed by atoms with Gasteiger partial charge in [0.15, 0.2) is 16.8 Å². The molecule has 1 atom stereocenters. The van der Waals surface area contributed by atoms with Gasteiger partial charge in [-0.2, -0.15) is 0 Å². The van der Waals surface area contributed by atoms with E-state index in [1.54, 1.807) is 25.1 Å². The fraction of sp³-hybridized carbons (Fsp3) is 0.0870. The fourth-order valence-corrected chi connectivity index (χ4v) is 3.59. The van der Waals surface area contributed by atoms with Gasteiger partial charge < -0.3 is 14.5 Å². The molecule has 0 aliphatic carbocycles. The molecule has 32 heavy (non-hydrogen) atoms. The number of nitrogens with one attached hydrogen (secondary N) is 2. The van der Waals surface area contributed by atoms with Gasteiger partial charge >= 0.3 is 0 Å². The largest absolute Gasteiger partial charge is 0.479 e. The lowest BCUT2D eigenvalue weighted by Crippen LogP contribution is -2.42. The Hall–Kier alpha value is -3.13. The molecule has 1 amide bonds. The third-order valence-corrected chi connectivity index (χ3v) is 5.20. The molecule has 1 unspecified atom stereocenters. The molecule has 0 spiro atoms. The standard InChI is InChI=1S/C23H17Cl2N3O3S/c1-13(30-19-10-9-15(24)12-17(19)25)21(29)28-23(32)26-16-6-4-5-14(11-16)22-27-18-7-2-3-8-20(18)31-22/h2-13H,1H3,(H2,26,28,29,32). The molecular formula is C23H17Cl2N3O3S. The van der Waals surface area contributed by atoms with Crippen LogP contribution in [0.15, 0.2) is 71.1 Å². The van der Waals surface area contributed by atoms with Gasteiger partial charge in [0.2, 0.25) is 5.89 Å². The Morgan fingerprint density at radius 3 is 2.69 bits per heavy atom. The second-order valence-electron chi connectivity index (χ2n) is 6.85. The van der Waals surface area contributed by atoms with Crippen LogP contribution in [-0.4, -0.2) is 22.1 Å². The van der Waals surface area contributed by atoms with E-state index in [1.165, 1.54) is 0 Å². The molecule has 0 fully saturated rings. The second-order valence-corrected chi connectivity index (χ2v) is 8.10. The molecule has 4 rings (SSSR count). The maximum atomic E-state index is 12.5. The SMILES string of the molecule is CC(Oc1ccc(Cl)cc1Cl)C(=O)NC(=S)Nc1cccc(-c2nc3ccccc3o2)c1. The summed E-state index contributed by atoms with van der Waals surface area (Å²) < 4.78 is 11.4. The minimum Gasteiger partial charge on any atom is -0.479 e. The quantitative estimate of drug-likeness (QED) is 0.333. The van der Waals surface area contributed by atoms with Crippen LogP contribution in [0.25, 0.3) is 22.6 Å². The number of rotatable bonds is 5. The maximum absolute atomic E-state index is 12.5. The topological polar surface area (TPSA) is 76.4 Å². The normalized spacial score (nSPS) is 11.7. The number of carbonyl (C=O) groups is 1. The number of hydrogen-bond donors (Lipinski definition) is 2. The zero-order chi connectivity index (χ0) is 22.7. The number of fused-ring (bicyclic) bond motifs is 1. The Balaban J connectivity index is 1.39. The molecule has 0 saturated heterocycles. The molecule has 0 radical (unpaired) electrons. The van der Waals surface area contributed by atoms with E-state index >= 15 is 0 Å². The number of nitrogens with zero attached hydrogens (tertiary/aromatic N) is 1. The number of halogens is 2. The first-order chi connectivity index (χ1) is 15.4. The van der Waals surface area contributed by atoms with Crippen molar-refractivity contribution in [2.45, 2.75) is 13.0 Å². The van der Waals surface area contributed by atoms with Gasteiger partial charge in [-0.3, -0.25) is 10.1 Å². The summed E-state index contributed by atoms with van der Waals surface area (Å²) in [5, 5.41) is 6.51. The molecule has 2 N–H and O–H groups in total. The molecule has 9 heteroatoms. The van der Waals surface area contributed by atoms with Crippen LogP contribution in [-0.2, 0) is 4.79 Å². The van der Waals surface area contributed by atoms with E-state index in [2.05, 4.69) is 15.6 Å². The van der Waals surface area contributed by atoms with Crippen LogP contribution in [0.3, 0.4) is 0 Å². The summed E-state index contributed by atoms with van der Waals surface area (Å²) in [6.45, 7) is 1.59. The van der Waals surface area contributed by atoms with Crippen molar-refractivity contribution in [3.63, 3.8) is 0 Å². The number of oxazole rings is 1. The van der Waals surface area contributed by atoms with E-state index in [9.17, 15) is 4.79 Å². The van der Waals surface area contributed by atoms with Crippen molar-refractivity contribution < 1.29 is 13.9 Å². The van der Waals surface area contributed by atoms with Crippen molar-refractivity contribution in [1.29, 1.82) is 0 Å². The first-order valence-corrected chi connectivity index (χ1v) is 10.7. The fourth-order valence-electron chi connectivity index (χ4n) is 2.92. The molecular weight excluding hydrogens is 469 g/mol. The molecule has 1 heterocycles. The predicted octanol–water partition coefficient (Wildman–Crippen LogP) is 6.08. The minimum absolute atomic E-state index is 0.127. The van der Waals surface area contributed by atoms with Gasteiger partial charge in [-0.25, -0.2) is 4.98 Å². The van der Waals surface area contributed by atoms with Gasteiger partial charge in [-0.05, 0) is 67.7 Å². The smallest absolute Gasteiger partial charge is 0.266 e. The maximum Gasteiger partial charge on any atom is 0.266 e.